The molecule has 2 rings (SSSR count). The van der Waals surface area contributed by atoms with Gasteiger partial charge in [0.25, 0.3) is 0 Å². The third-order valence-electron chi connectivity index (χ3n) is 3.73. The van der Waals surface area contributed by atoms with Crippen molar-refractivity contribution < 1.29 is 9.53 Å². The van der Waals surface area contributed by atoms with Gasteiger partial charge in [0.15, 0.2) is 0 Å². The lowest BCUT2D eigenvalue weighted by atomic mass is 9.77. The van der Waals surface area contributed by atoms with E-state index in [0.29, 0.717) is 38.2 Å². The fraction of sp³-hybridized carbons (Fsp3) is 0.625. The van der Waals surface area contributed by atoms with E-state index >= 15 is 0 Å². The minimum atomic E-state index is -0.501. The Morgan fingerprint density at radius 3 is 2.45 bits per heavy atom. The molecular formula is C16H22N4O2. The summed E-state index contributed by atoms with van der Waals surface area (Å²) in [6.45, 7) is 6.59. The highest BCUT2D eigenvalue weighted by atomic mass is 16.6. The zero-order valence-electron chi connectivity index (χ0n) is 13.4. The van der Waals surface area contributed by atoms with Gasteiger partial charge in [0, 0.05) is 31.9 Å². The molecule has 1 aromatic heterocycles. The van der Waals surface area contributed by atoms with Gasteiger partial charge in [0.05, 0.1) is 11.5 Å². The fourth-order valence-electron chi connectivity index (χ4n) is 2.50. The monoisotopic (exact) mass is 302 g/mol. The number of carbonyl (C=O) groups excluding carboxylic acids is 1. The van der Waals surface area contributed by atoms with Crippen LogP contribution in [0.4, 0.5) is 4.79 Å². The number of aromatic nitrogens is 2. The van der Waals surface area contributed by atoms with Gasteiger partial charge in [-0.2, -0.15) is 5.26 Å². The molecule has 0 bridgehead atoms. The molecule has 1 aromatic rings. The number of nitriles is 1. The molecule has 1 saturated heterocycles. The normalized spacial score (nSPS) is 17.6. The van der Waals surface area contributed by atoms with Gasteiger partial charge in [-0.05, 0) is 39.7 Å². The van der Waals surface area contributed by atoms with Crippen LogP contribution in [-0.4, -0.2) is 39.7 Å². The Kier molecular flexibility index (Phi) is 4.65. The van der Waals surface area contributed by atoms with Crippen molar-refractivity contribution in [3.8, 4) is 6.07 Å². The van der Waals surface area contributed by atoms with Crippen molar-refractivity contribution in [2.45, 2.75) is 45.6 Å². The Morgan fingerprint density at radius 1 is 1.36 bits per heavy atom. The summed E-state index contributed by atoms with van der Waals surface area (Å²) in [5.74, 6) is 0.676. The highest BCUT2D eigenvalue weighted by Gasteiger charge is 2.38. The number of nitrogens with zero attached hydrogens (tertiary/aromatic N) is 4. The third-order valence-corrected chi connectivity index (χ3v) is 3.73. The molecule has 118 valence electrons. The maximum atomic E-state index is 12.1. The van der Waals surface area contributed by atoms with Crippen molar-refractivity contribution in [3.63, 3.8) is 0 Å². The second-order valence-corrected chi connectivity index (χ2v) is 6.70. The highest BCUT2D eigenvalue weighted by Crippen LogP contribution is 2.34. The van der Waals surface area contributed by atoms with E-state index in [2.05, 4.69) is 16.0 Å². The first-order chi connectivity index (χ1) is 10.3. The van der Waals surface area contributed by atoms with Crippen LogP contribution in [0.25, 0.3) is 0 Å². The van der Waals surface area contributed by atoms with Gasteiger partial charge in [0.1, 0.15) is 11.4 Å². The average molecular weight is 302 g/mol. The zero-order chi connectivity index (χ0) is 16.2. The lowest BCUT2D eigenvalue weighted by molar-refractivity contribution is 0.0147. The van der Waals surface area contributed by atoms with Crippen molar-refractivity contribution >= 4 is 6.09 Å². The van der Waals surface area contributed by atoms with E-state index in [4.69, 9.17) is 4.74 Å². The highest BCUT2D eigenvalue weighted by molar-refractivity contribution is 5.68. The van der Waals surface area contributed by atoms with E-state index in [0.717, 1.165) is 0 Å². The van der Waals surface area contributed by atoms with Crippen LogP contribution in [0.3, 0.4) is 0 Å². The molecule has 22 heavy (non-hydrogen) atoms. The van der Waals surface area contributed by atoms with Crippen LogP contribution in [0.2, 0.25) is 0 Å². The molecule has 1 amide bonds. The van der Waals surface area contributed by atoms with Gasteiger partial charge >= 0.3 is 6.09 Å². The Bertz CT molecular complexity index is 552. The van der Waals surface area contributed by atoms with Crippen molar-refractivity contribution in [2.24, 2.45) is 5.41 Å². The van der Waals surface area contributed by atoms with Crippen LogP contribution in [0.5, 0.6) is 0 Å². The second-order valence-electron chi connectivity index (χ2n) is 6.70. The smallest absolute Gasteiger partial charge is 0.410 e. The fourth-order valence-corrected chi connectivity index (χ4v) is 2.50. The first kappa shape index (κ1) is 16.2. The molecule has 1 aliphatic rings. The van der Waals surface area contributed by atoms with Crippen LogP contribution in [0.1, 0.15) is 39.4 Å². The predicted molar refractivity (Wildman–Crippen MR) is 80.8 cm³/mol. The van der Waals surface area contributed by atoms with Crippen LogP contribution < -0.4 is 0 Å². The van der Waals surface area contributed by atoms with Crippen molar-refractivity contribution in [3.05, 3.63) is 24.3 Å². The summed E-state index contributed by atoms with van der Waals surface area (Å²) in [4.78, 5) is 22.1. The molecule has 6 heteroatoms. The molecule has 0 radical (unpaired) electrons. The lowest BCUT2D eigenvalue weighted by Crippen LogP contribution is -2.45. The van der Waals surface area contributed by atoms with Crippen molar-refractivity contribution in [2.75, 3.05) is 13.1 Å². The molecule has 0 aromatic carbocycles. The molecule has 0 unspecified atom stereocenters. The first-order valence-electron chi connectivity index (χ1n) is 7.49. The largest absolute Gasteiger partial charge is 0.444 e. The van der Waals surface area contributed by atoms with Crippen molar-refractivity contribution in [1.29, 1.82) is 5.26 Å². The van der Waals surface area contributed by atoms with Crippen LogP contribution in [0, 0.1) is 16.7 Å². The van der Waals surface area contributed by atoms with E-state index in [9.17, 15) is 10.1 Å². The zero-order valence-corrected chi connectivity index (χ0v) is 13.4. The Balaban J connectivity index is 1.97. The maximum absolute atomic E-state index is 12.1. The summed E-state index contributed by atoms with van der Waals surface area (Å²) < 4.78 is 5.38. The number of likely N-dealkylation sites (tertiary alicyclic amines) is 1. The van der Waals surface area contributed by atoms with Gasteiger partial charge in [-0.1, -0.05) is 0 Å². The van der Waals surface area contributed by atoms with Crippen LogP contribution in [-0.2, 0) is 11.2 Å². The van der Waals surface area contributed by atoms with Crippen LogP contribution in [0.15, 0.2) is 18.5 Å². The summed E-state index contributed by atoms with van der Waals surface area (Å²) in [5.41, 5.74) is -1.00. The van der Waals surface area contributed by atoms with Gasteiger partial charge in [-0.15, -0.1) is 0 Å². The number of amides is 1. The van der Waals surface area contributed by atoms with Crippen molar-refractivity contribution in [1.82, 2.24) is 14.9 Å². The van der Waals surface area contributed by atoms with Gasteiger partial charge in [-0.25, -0.2) is 14.8 Å². The quantitative estimate of drug-likeness (QED) is 0.839. The molecule has 0 saturated carbocycles. The molecular weight excluding hydrogens is 280 g/mol. The van der Waals surface area contributed by atoms with E-state index in [1.165, 1.54) is 0 Å². The Hall–Kier alpha value is -2.16. The van der Waals surface area contributed by atoms with Gasteiger partial charge in [0.2, 0.25) is 0 Å². The van der Waals surface area contributed by atoms with Gasteiger partial charge < -0.3 is 9.64 Å². The number of hydrogen-bond donors (Lipinski definition) is 0. The predicted octanol–water partition coefficient (Wildman–Crippen LogP) is 2.56. The third kappa shape index (κ3) is 4.17. The summed E-state index contributed by atoms with van der Waals surface area (Å²) in [7, 11) is 0. The molecule has 1 aliphatic heterocycles. The summed E-state index contributed by atoms with van der Waals surface area (Å²) in [6, 6.07) is 4.17. The van der Waals surface area contributed by atoms with E-state index in [-0.39, 0.29) is 6.09 Å². The molecule has 0 spiro atoms. The molecule has 1 fully saturated rings. The topological polar surface area (TPSA) is 79.1 Å². The lowest BCUT2D eigenvalue weighted by Gasteiger charge is -2.37. The second kappa shape index (κ2) is 6.30. The molecule has 6 nitrogen and oxygen atoms in total. The SMILES string of the molecule is CC(C)(C)OC(=O)N1CCC(C#N)(Cc2ncccn2)CC1. The minimum absolute atomic E-state index is 0.310. The summed E-state index contributed by atoms with van der Waals surface area (Å²) >= 11 is 0. The first-order valence-corrected chi connectivity index (χ1v) is 7.49. The van der Waals surface area contributed by atoms with E-state index in [1.54, 1.807) is 23.4 Å². The number of carbonyl (C=O) groups is 1. The standard InChI is InChI=1S/C16H22N4O2/c1-15(2,3)22-14(21)20-9-5-16(12-17,6-10-20)11-13-18-7-4-8-19-13/h4,7-8H,5-6,9-11H2,1-3H3. The summed E-state index contributed by atoms with van der Waals surface area (Å²) in [5, 5.41) is 9.57. The molecule has 0 atom stereocenters. The van der Waals surface area contributed by atoms with Crippen LogP contribution >= 0.6 is 0 Å². The number of piperidine rings is 1. The number of ether oxygens (including phenoxy) is 1. The Morgan fingerprint density at radius 2 is 1.95 bits per heavy atom. The average Bonchev–Trinajstić information content (AvgIpc) is 2.47. The van der Waals surface area contributed by atoms with Gasteiger partial charge in [-0.3, -0.25) is 0 Å². The van der Waals surface area contributed by atoms with E-state index in [1.807, 2.05) is 20.8 Å². The maximum Gasteiger partial charge on any atom is 0.410 e. The number of rotatable bonds is 2. The minimum Gasteiger partial charge on any atom is -0.444 e. The molecule has 2 heterocycles. The molecule has 0 N–H and O–H groups in total. The number of hydrogen-bond acceptors (Lipinski definition) is 5. The summed E-state index contributed by atoms with van der Waals surface area (Å²) in [6.07, 6.45) is 4.80. The molecule has 0 aliphatic carbocycles. The Labute approximate surface area is 131 Å². The van der Waals surface area contributed by atoms with E-state index < -0.39 is 11.0 Å².